The van der Waals surface area contributed by atoms with E-state index in [0.717, 1.165) is 24.8 Å². The molecule has 0 aliphatic carbocycles. The van der Waals surface area contributed by atoms with Crippen molar-refractivity contribution in [2.45, 2.75) is 39.0 Å². The number of amides is 1. The highest BCUT2D eigenvalue weighted by Crippen LogP contribution is 2.27. The second kappa shape index (κ2) is 8.45. The highest BCUT2D eigenvalue weighted by Gasteiger charge is 2.18. The van der Waals surface area contributed by atoms with Gasteiger partial charge in [0.25, 0.3) is 0 Å². The van der Waals surface area contributed by atoms with Crippen molar-refractivity contribution in [2.24, 2.45) is 0 Å². The second-order valence-corrected chi connectivity index (χ2v) is 5.10. The van der Waals surface area contributed by atoms with E-state index in [-0.39, 0.29) is 23.0 Å². The Kier molecular flexibility index (Phi) is 6.61. The summed E-state index contributed by atoms with van der Waals surface area (Å²) in [5.41, 5.74) is 1.58. The van der Waals surface area contributed by atoms with Crippen LogP contribution in [0.1, 0.15) is 61.3 Å². The Morgan fingerprint density at radius 2 is 1.73 bits per heavy atom. The molecular weight excluding hydrogens is 276 g/mol. The summed E-state index contributed by atoms with van der Waals surface area (Å²) < 4.78 is 0. The molecule has 0 radical (unpaired) electrons. The quantitative estimate of drug-likeness (QED) is 0.871. The van der Waals surface area contributed by atoms with Crippen LogP contribution in [0, 0.1) is 34.0 Å². The molecule has 1 amide bonds. The lowest BCUT2D eigenvalue weighted by atomic mass is 9.87. The number of rotatable bonds is 6. The van der Waals surface area contributed by atoms with Crippen LogP contribution in [-0.2, 0) is 4.79 Å². The summed E-state index contributed by atoms with van der Waals surface area (Å²) >= 11 is 0. The molecule has 0 saturated heterocycles. The summed E-state index contributed by atoms with van der Waals surface area (Å²) in [5.74, 6) is -0.174. The SMILES string of the molecule is CCCCC(CNC(C)=O)c1cc(C#N)c(C#N)cc1C#N. The Labute approximate surface area is 130 Å². The van der Waals surface area contributed by atoms with Crippen LogP contribution in [0.15, 0.2) is 12.1 Å². The van der Waals surface area contributed by atoms with Crippen LogP contribution in [0.25, 0.3) is 0 Å². The van der Waals surface area contributed by atoms with E-state index >= 15 is 0 Å². The highest BCUT2D eigenvalue weighted by atomic mass is 16.1. The fourth-order valence-corrected chi connectivity index (χ4v) is 2.32. The van der Waals surface area contributed by atoms with Gasteiger partial charge in [0.2, 0.25) is 5.91 Å². The summed E-state index contributed by atoms with van der Waals surface area (Å²) in [6.07, 6.45) is 2.76. The molecule has 1 N–H and O–H groups in total. The average Bonchev–Trinajstić information content (AvgIpc) is 2.53. The minimum absolute atomic E-state index is 0.0432. The van der Waals surface area contributed by atoms with E-state index in [1.165, 1.54) is 13.0 Å². The highest BCUT2D eigenvalue weighted by molar-refractivity contribution is 5.72. The first-order valence-electron chi connectivity index (χ1n) is 7.20. The summed E-state index contributed by atoms with van der Waals surface area (Å²) in [4.78, 5) is 11.2. The molecule has 0 saturated carbocycles. The predicted octanol–water partition coefficient (Wildman–Crippen LogP) is 2.71. The molecule has 0 heterocycles. The van der Waals surface area contributed by atoms with Gasteiger partial charge in [-0.1, -0.05) is 19.8 Å². The second-order valence-electron chi connectivity index (χ2n) is 5.10. The van der Waals surface area contributed by atoms with E-state index in [1.54, 1.807) is 6.07 Å². The van der Waals surface area contributed by atoms with E-state index in [9.17, 15) is 10.1 Å². The van der Waals surface area contributed by atoms with E-state index < -0.39 is 0 Å². The topological polar surface area (TPSA) is 100 Å². The Hall–Kier alpha value is -2.84. The number of carbonyl (C=O) groups excluding carboxylic acids is 1. The molecule has 0 fully saturated rings. The summed E-state index contributed by atoms with van der Waals surface area (Å²) in [6.45, 7) is 3.93. The molecule has 1 rings (SSSR count). The van der Waals surface area contributed by atoms with E-state index in [0.29, 0.717) is 12.1 Å². The monoisotopic (exact) mass is 294 g/mol. The number of hydrogen-bond donors (Lipinski definition) is 1. The van der Waals surface area contributed by atoms with Gasteiger partial charge >= 0.3 is 0 Å². The molecule has 1 unspecified atom stereocenters. The molecule has 22 heavy (non-hydrogen) atoms. The van der Waals surface area contributed by atoms with Crippen LogP contribution in [-0.4, -0.2) is 12.5 Å². The zero-order valence-corrected chi connectivity index (χ0v) is 12.8. The molecule has 0 aliphatic rings. The Balaban J connectivity index is 3.27. The Morgan fingerprint density at radius 1 is 1.14 bits per heavy atom. The van der Waals surface area contributed by atoms with Gasteiger partial charge in [-0.3, -0.25) is 4.79 Å². The van der Waals surface area contributed by atoms with Crippen molar-refractivity contribution in [3.05, 3.63) is 34.4 Å². The molecule has 5 nitrogen and oxygen atoms in total. The Morgan fingerprint density at radius 3 is 2.23 bits per heavy atom. The van der Waals surface area contributed by atoms with Gasteiger partial charge in [-0.15, -0.1) is 0 Å². The normalized spacial score (nSPS) is 10.9. The van der Waals surface area contributed by atoms with Crippen molar-refractivity contribution in [1.82, 2.24) is 5.32 Å². The Bertz CT molecular complexity index is 674. The maximum Gasteiger partial charge on any atom is 0.216 e. The standard InChI is InChI=1S/C17H18N4O/c1-3-4-5-13(11-21-12(2)22)17-7-15(9-19)14(8-18)6-16(17)10-20/h6-7,13H,3-5,11H2,1-2H3,(H,21,22). The number of benzene rings is 1. The number of unbranched alkanes of at least 4 members (excludes halogenated alkanes) is 1. The molecule has 0 spiro atoms. The molecule has 5 heteroatoms. The van der Waals surface area contributed by atoms with Crippen molar-refractivity contribution in [2.75, 3.05) is 6.54 Å². The molecule has 112 valence electrons. The van der Waals surface area contributed by atoms with E-state index in [4.69, 9.17) is 10.5 Å². The lowest BCUT2D eigenvalue weighted by molar-refractivity contribution is -0.119. The third kappa shape index (κ3) is 4.33. The van der Waals surface area contributed by atoms with Crippen LogP contribution in [0.4, 0.5) is 0 Å². The number of nitriles is 3. The lowest BCUT2D eigenvalue weighted by Gasteiger charge is -2.19. The maximum absolute atomic E-state index is 11.2. The summed E-state index contributed by atoms with van der Waals surface area (Å²) in [7, 11) is 0. The molecular formula is C17H18N4O. The molecule has 1 aromatic rings. The molecule has 1 aromatic carbocycles. The maximum atomic E-state index is 11.2. The van der Waals surface area contributed by atoms with Crippen molar-refractivity contribution in [3.8, 4) is 18.2 Å². The number of nitrogens with zero attached hydrogens (tertiary/aromatic N) is 3. The van der Waals surface area contributed by atoms with Crippen molar-refractivity contribution >= 4 is 5.91 Å². The largest absolute Gasteiger partial charge is 0.356 e. The third-order valence-corrected chi connectivity index (χ3v) is 3.49. The minimum atomic E-state index is -0.130. The first-order chi connectivity index (χ1) is 10.6. The van der Waals surface area contributed by atoms with E-state index in [1.807, 2.05) is 12.1 Å². The van der Waals surface area contributed by atoms with Gasteiger partial charge in [0, 0.05) is 19.4 Å². The predicted molar refractivity (Wildman–Crippen MR) is 81.5 cm³/mol. The fourth-order valence-electron chi connectivity index (χ4n) is 2.32. The lowest BCUT2D eigenvalue weighted by Crippen LogP contribution is -2.26. The van der Waals surface area contributed by atoms with Gasteiger partial charge in [-0.25, -0.2) is 0 Å². The van der Waals surface area contributed by atoms with Crippen molar-refractivity contribution in [1.29, 1.82) is 15.8 Å². The molecule has 0 bridgehead atoms. The molecule has 0 aliphatic heterocycles. The van der Waals surface area contributed by atoms with Crippen LogP contribution < -0.4 is 5.32 Å². The summed E-state index contributed by atoms with van der Waals surface area (Å²) in [5, 5.41) is 30.3. The van der Waals surface area contributed by atoms with Gasteiger partial charge in [0.15, 0.2) is 0 Å². The van der Waals surface area contributed by atoms with Crippen LogP contribution in [0.3, 0.4) is 0 Å². The summed E-state index contributed by atoms with van der Waals surface area (Å²) in [6, 6.07) is 9.09. The van der Waals surface area contributed by atoms with Gasteiger partial charge in [0.1, 0.15) is 12.1 Å². The van der Waals surface area contributed by atoms with Gasteiger partial charge in [-0.05, 0) is 24.1 Å². The van der Waals surface area contributed by atoms with Gasteiger partial charge < -0.3 is 5.32 Å². The van der Waals surface area contributed by atoms with Crippen LogP contribution >= 0.6 is 0 Å². The third-order valence-electron chi connectivity index (χ3n) is 3.49. The van der Waals surface area contributed by atoms with Gasteiger partial charge in [-0.2, -0.15) is 15.8 Å². The number of carbonyl (C=O) groups is 1. The first kappa shape index (κ1) is 17.2. The number of hydrogen-bond acceptors (Lipinski definition) is 4. The molecule has 1 atom stereocenters. The van der Waals surface area contributed by atoms with Crippen LogP contribution in [0.5, 0.6) is 0 Å². The number of nitrogens with one attached hydrogen (secondary N) is 1. The fraction of sp³-hybridized carbons (Fsp3) is 0.412. The van der Waals surface area contributed by atoms with Gasteiger partial charge in [0.05, 0.1) is 22.8 Å². The van der Waals surface area contributed by atoms with Crippen molar-refractivity contribution < 1.29 is 4.79 Å². The van der Waals surface area contributed by atoms with Crippen LogP contribution in [0.2, 0.25) is 0 Å². The van der Waals surface area contributed by atoms with Crippen molar-refractivity contribution in [3.63, 3.8) is 0 Å². The molecule has 0 aromatic heterocycles. The zero-order chi connectivity index (χ0) is 16.5. The zero-order valence-electron chi connectivity index (χ0n) is 12.8. The van der Waals surface area contributed by atoms with E-state index in [2.05, 4.69) is 18.3 Å². The first-order valence-corrected chi connectivity index (χ1v) is 7.20. The smallest absolute Gasteiger partial charge is 0.216 e. The minimum Gasteiger partial charge on any atom is -0.356 e. The average molecular weight is 294 g/mol.